The van der Waals surface area contributed by atoms with Gasteiger partial charge >= 0.3 is 0 Å². The summed E-state index contributed by atoms with van der Waals surface area (Å²) >= 11 is 3.39. The van der Waals surface area contributed by atoms with Gasteiger partial charge in [0.2, 0.25) is 10.0 Å². The molecule has 2 aromatic rings. The van der Waals surface area contributed by atoms with Crippen molar-refractivity contribution in [2.45, 2.75) is 55.7 Å². The Morgan fingerprint density at radius 1 is 1.03 bits per heavy atom. The fourth-order valence-electron chi connectivity index (χ4n) is 4.42. The van der Waals surface area contributed by atoms with Gasteiger partial charge in [-0.2, -0.15) is 0 Å². The Kier molecular flexibility index (Phi) is 4.63. The number of benzene rings is 2. The maximum absolute atomic E-state index is 13.1. The molecule has 2 aromatic carbocycles. The maximum Gasteiger partial charge on any atom is 0.253 e. The molecule has 0 aliphatic heterocycles. The topological polar surface area (TPSA) is 75.3 Å². The third-order valence-electron chi connectivity index (χ3n) is 6.07. The monoisotopic (exact) mass is 476 g/mol. The van der Waals surface area contributed by atoms with E-state index in [-0.39, 0.29) is 16.9 Å². The van der Waals surface area contributed by atoms with Gasteiger partial charge in [0.05, 0.1) is 16.0 Å². The van der Waals surface area contributed by atoms with Gasteiger partial charge in [-0.05, 0) is 63.8 Å². The molecule has 3 saturated carbocycles. The number of rotatable bonds is 5. The molecule has 3 fully saturated rings. The second-order valence-electron chi connectivity index (χ2n) is 9.32. The van der Waals surface area contributed by atoms with Crippen LogP contribution in [0, 0.1) is 0 Å². The summed E-state index contributed by atoms with van der Waals surface area (Å²) in [5.41, 5.74) is 1.95. The Morgan fingerprint density at radius 2 is 1.66 bits per heavy atom. The zero-order chi connectivity index (χ0) is 21.1. The Balaban J connectivity index is 1.51. The van der Waals surface area contributed by atoms with Gasteiger partial charge in [0, 0.05) is 15.4 Å². The lowest BCUT2D eigenvalue weighted by Crippen LogP contribution is -2.76. The highest BCUT2D eigenvalue weighted by Crippen LogP contribution is 2.67. The highest BCUT2D eigenvalue weighted by molar-refractivity contribution is 9.10. The van der Waals surface area contributed by atoms with E-state index in [9.17, 15) is 13.2 Å². The molecular formula is C22H25BrN2O3S. The molecule has 0 radical (unpaired) electrons. The summed E-state index contributed by atoms with van der Waals surface area (Å²) in [7, 11) is -3.64. The average Bonchev–Trinajstić information content (AvgIpc) is 2.57. The van der Waals surface area contributed by atoms with E-state index in [2.05, 4.69) is 50.2 Å². The molecule has 0 aromatic heterocycles. The molecule has 5 rings (SSSR count). The molecule has 3 aliphatic carbocycles. The number of carbonyl (C=O) groups excluding carboxylic acids is 1. The Labute approximate surface area is 180 Å². The van der Waals surface area contributed by atoms with E-state index in [1.54, 1.807) is 39.0 Å². The molecule has 0 saturated heterocycles. The smallest absolute Gasteiger partial charge is 0.253 e. The summed E-state index contributed by atoms with van der Waals surface area (Å²) in [5, 5.41) is 3.17. The van der Waals surface area contributed by atoms with Crippen LogP contribution in [0.1, 0.15) is 56.0 Å². The van der Waals surface area contributed by atoms with E-state index < -0.39 is 14.8 Å². The van der Waals surface area contributed by atoms with Crippen LogP contribution in [0.25, 0.3) is 0 Å². The van der Waals surface area contributed by atoms with Crippen LogP contribution in [0.15, 0.2) is 53.0 Å². The highest BCUT2D eigenvalue weighted by Gasteiger charge is 2.68. The van der Waals surface area contributed by atoms with Crippen molar-refractivity contribution in [1.82, 2.24) is 5.32 Å². The van der Waals surface area contributed by atoms with Gasteiger partial charge in [0.15, 0.2) is 0 Å². The molecule has 1 amide bonds. The van der Waals surface area contributed by atoms with Crippen LogP contribution in [0.5, 0.6) is 0 Å². The van der Waals surface area contributed by atoms with Gasteiger partial charge in [0.1, 0.15) is 0 Å². The Bertz CT molecular complexity index is 1060. The van der Waals surface area contributed by atoms with Crippen molar-refractivity contribution in [3.8, 4) is 0 Å². The number of hydrogen-bond donors (Lipinski definition) is 2. The normalized spacial score (nSPS) is 25.5. The number of halogens is 1. The first-order chi connectivity index (χ1) is 13.5. The number of carbonyl (C=O) groups is 1. The SMILES string of the molecule is CC(C)(C)S(=O)(=O)Nc1ccc(Br)cc1C(=O)NC12CC(c3ccccc3)(C1)C2. The predicted octanol–water partition coefficient (Wildman–Crippen LogP) is 4.59. The number of amides is 1. The van der Waals surface area contributed by atoms with Crippen molar-refractivity contribution in [2.24, 2.45) is 0 Å². The van der Waals surface area contributed by atoms with Crippen LogP contribution in [0.3, 0.4) is 0 Å². The minimum atomic E-state index is -3.64. The summed E-state index contributed by atoms with van der Waals surface area (Å²) in [4.78, 5) is 13.1. The standard InChI is InChI=1S/C22H25BrN2O3S/c1-20(2,3)29(27,28)25-18-10-9-16(23)11-17(18)19(26)24-22-12-21(13-22,14-22)15-7-5-4-6-8-15/h4-11,25H,12-14H2,1-3H3,(H,24,26). The van der Waals surface area contributed by atoms with Crippen molar-refractivity contribution in [3.05, 3.63) is 64.1 Å². The van der Waals surface area contributed by atoms with Gasteiger partial charge in [-0.15, -0.1) is 0 Å². The highest BCUT2D eigenvalue weighted by atomic mass is 79.9. The molecule has 0 unspecified atom stereocenters. The fourth-order valence-corrected chi connectivity index (χ4v) is 5.55. The molecule has 154 valence electrons. The number of hydrogen-bond acceptors (Lipinski definition) is 3. The lowest BCUT2D eigenvalue weighted by Gasteiger charge is -2.71. The first-order valence-electron chi connectivity index (χ1n) is 9.65. The predicted molar refractivity (Wildman–Crippen MR) is 119 cm³/mol. The van der Waals surface area contributed by atoms with E-state index >= 15 is 0 Å². The summed E-state index contributed by atoms with van der Waals surface area (Å²) in [6.07, 6.45) is 2.77. The van der Waals surface area contributed by atoms with Gasteiger partial charge in [0.25, 0.3) is 5.91 Å². The lowest BCUT2D eigenvalue weighted by molar-refractivity contribution is -0.0807. The van der Waals surface area contributed by atoms with Gasteiger partial charge in [-0.1, -0.05) is 46.3 Å². The van der Waals surface area contributed by atoms with E-state index in [1.165, 1.54) is 5.56 Å². The van der Waals surface area contributed by atoms with Crippen LogP contribution >= 0.6 is 15.9 Å². The minimum Gasteiger partial charge on any atom is -0.346 e. The molecule has 7 heteroatoms. The first-order valence-corrected chi connectivity index (χ1v) is 11.9. The van der Waals surface area contributed by atoms with E-state index in [0.29, 0.717) is 11.3 Å². The van der Waals surface area contributed by atoms with E-state index in [1.807, 2.05) is 6.07 Å². The summed E-state index contributed by atoms with van der Waals surface area (Å²) in [5.74, 6) is -0.251. The maximum atomic E-state index is 13.1. The zero-order valence-corrected chi connectivity index (χ0v) is 19.2. The Morgan fingerprint density at radius 3 is 2.24 bits per heavy atom. The fraction of sp³-hybridized carbons (Fsp3) is 0.409. The number of anilines is 1. The molecule has 2 bridgehead atoms. The third kappa shape index (κ3) is 3.48. The molecule has 0 atom stereocenters. The molecule has 0 heterocycles. The second-order valence-corrected chi connectivity index (χ2v) is 12.7. The summed E-state index contributed by atoms with van der Waals surface area (Å²) in [6, 6.07) is 15.4. The van der Waals surface area contributed by atoms with Crippen LogP contribution in [0.4, 0.5) is 5.69 Å². The van der Waals surface area contributed by atoms with Crippen molar-refractivity contribution >= 4 is 37.5 Å². The minimum absolute atomic E-state index is 0.183. The van der Waals surface area contributed by atoms with E-state index in [0.717, 1.165) is 23.7 Å². The first kappa shape index (κ1) is 20.4. The number of sulfonamides is 1. The van der Waals surface area contributed by atoms with Crippen LogP contribution in [-0.2, 0) is 15.4 Å². The number of nitrogens with one attached hydrogen (secondary N) is 2. The molecular weight excluding hydrogens is 452 g/mol. The molecule has 29 heavy (non-hydrogen) atoms. The average molecular weight is 477 g/mol. The van der Waals surface area contributed by atoms with E-state index in [4.69, 9.17) is 0 Å². The van der Waals surface area contributed by atoms with Gasteiger partial charge in [-0.25, -0.2) is 8.42 Å². The lowest BCUT2D eigenvalue weighted by atomic mass is 9.37. The summed E-state index contributed by atoms with van der Waals surface area (Å²) < 4.78 is 27.5. The second kappa shape index (κ2) is 6.57. The quantitative estimate of drug-likeness (QED) is 0.662. The van der Waals surface area contributed by atoms with Crippen LogP contribution in [0.2, 0.25) is 0 Å². The van der Waals surface area contributed by atoms with Gasteiger partial charge in [-0.3, -0.25) is 9.52 Å². The van der Waals surface area contributed by atoms with Crippen LogP contribution in [-0.4, -0.2) is 24.6 Å². The van der Waals surface area contributed by atoms with Crippen molar-refractivity contribution in [1.29, 1.82) is 0 Å². The van der Waals surface area contributed by atoms with Crippen molar-refractivity contribution in [3.63, 3.8) is 0 Å². The zero-order valence-electron chi connectivity index (χ0n) is 16.8. The molecule has 2 N–H and O–H groups in total. The molecule has 5 nitrogen and oxygen atoms in total. The van der Waals surface area contributed by atoms with Gasteiger partial charge < -0.3 is 5.32 Å². The van der Waals surface area contributed by atoms with Crippen LogP contribution < -0.4 is 10.0 Å². The largest absolute Gasteiger partial charge is 0.346 e. The summed E-state index contributed by atoms with van der Waals surface area (Å²) in [6.45, 7) is 4.87. The molecule has 3 aliphatic rings. The third-order valence-corrected chi connectivity index (χ3v) is 8.67. The van der Waals surface area contributed by atoms with Crippen molar-refractivity contribution < 1.29 is 13.2 Å². The Hall–Kier alpha value is -1.86. The molecule has 0 spiro atoms. The van der Waals surface area contributed by atoms with Crippen molar-refractivity contribution in [2.75, 3.05) is 4.72 Å².